The maximum absolute atomic E-state index is 13.7. The number of methoxy groups -OCH3 is 2. The van der Waals surface area contributed by atoms with Crippen molar-refractivity contribution in [1.29, 1.82) is 21.0 Å². The van der Waals surface area contributed by atoms with Crippen molar-refractivity contribution >= 4 is 121 Å². The molecular formula is C79H77Cl3N12O13S. The van der Waals surface area contributed by atoms with E-state index in [9.17, 15) is 37.7 Å². The molecule has 2 aliphatic heterocycles. The van der Waals surface area contributed by atoms with Gasteiger partial charge in [0.05, 0.1) is 48.6 Å². The Bertz CT molecular complexity index is 4870. The highest BCUT2D eigenvalue weighted by molar-refractivity contribution is 7.92. The maximum Gasteiger partial charge on any atom is 0.355 e. The van der Waals surface area contributed by atoms with E-state index in [1.165, 1.54) is 49.8 Å². The van der Waals surface area contributed by atoms with Gasteiger partial charge in [0.1, 0.15) is 75.5 Å². The van der Waals surface area contributed by atoms with Gasteiger partial charge in [-0.25, -0.2) is 18.0 Å². The molecule has 7 aromatic rings. The third-order valence-corrected chi connectivity index (χ3v) is 17.5. The number of nitriles is 4. The number of esters is 2. The average molecular weight is 1540 g/mol. The predicted molar refractivity (Wildman–Crippen MR) is 414 cm³/mol. The van der Waals surface area contributed by atoms with E-state index in [-0.39, 0.29) is 72.4 Å². The number of nitrogens with zero attached hydrogens (tertiary/aromatic N) is 9. The second kappa shape index (κ2) is 41.4. The summed E-state index contributed by atoms with van der Waals surface area (Å²) in [6.07, 6.45) is 12.4. The fourth-order valence-electron chi connectivity index (χ4n) is 9.44. The maximum atomic E-state index is 13.7. The van der Waals surface area contributed by atoms with Gasteiger partial charge in [0.25, 0.3) is 17.7 Å². The number of carbonyl (C=O) groups is 5. The highest BCUT2D eigenvalue weighted by Crippen LogP contribution is 2.40. The van der Waals surface area contributed by atoms with E-state index in [1.54, 1.807) is 135 Å². The fourth-order valence-corrected chi connectivity index (χ4v) is 11.7. The van der Waals surface area contributed by atoms with Crippen LogP contribution in [0.1, 0.15) is 98.7 Å². The number of amides is 3. The zero-order chi connectivity index (χ0) is 79.1. The third-order valence-electron chi connectivity index (χ3n) is 15.4. The first-order valence-corrected chi connectivity index (χ1v) is 36.0. The third kappa shape index (κ3) is 25.2. The van der Waals surface area contributed by atoms with Crippen LogP contribution in [0.25, 0.3) is 17.7 Å². The monoisotopic (exact) mass is 1540 g/mol. The number of ether oxygens (including phenoxy) is 5. The number of halogens is 3. The van der Waals surface area contributed by atoms with Gasteiger partial charge in [-0.1, -0.05) is 124 Å². The number of anilines is 3. The molecule has 108 heavy (non-hydrogen) atoms. The molecule has 9 rings (SSSR count). The van der Waals surface area contributed by atoms with Crippen LogP contribution in [0.4, 0.5) is 22.7 Å². The van der Waals surface area contributed by atoms with Crippen LogP contribution >= 0.6 is 34.8 Å². The fraction of sp³-hybridized carbons (Fsp3) is 0.241. The number of rotatable bonds is 25. The van der Waals surface area contributed by atoms with Crippen LogP contribution in [0.2, 0.25) is 15.1 Å². The molecule has 0 spiro atoms. The Morgan fingerprint density at radius 2 is 1.46 bits per heavy atom. The van der Waals surface area contributed by atoms with E-state index in [0.717, 1.165) is 46.7 Å². The lowest BCUT2D eigenvalue weighted by molar-refractivity contribution is -0.138. The van der Waals surface area contributed by atoms with Gasteiger partial charge in [-0.3, -0.25) is 19.1 Å². The van der Waals surface area contributed by atoms with E-state index in [1.807, 2.05) is 64.0 Å². The SMILES string of the molecule is CCC(C)(C)c1cc(C)ccc1OCC(=O)Nc1cccc(C(=O)NC2=NN(c3c(Cl)cc(Cl)cc3Cl)C(=O)C2N=Nc2ccc(OC)cc2)c1.CCCCS(=O)(=O)Nc1ccc(C2=C(C#N)C(=O)OC2=Cc2ccco2)cc1.CCCOC(=O)/C(C#N)=C\c1ccc(OC)cc1.CN(C)/C=C/C=C(C#N)C#N. The predicted octanol–water partition coefficient (Wildman–Crippen LogP) is 16.2. The molecule has 1 atom stereocenters. The minimum atomic E-state index is -3.41. The first kappa shape index (κ1) is 84.6. The van der Waals surface area contributed by atoms with Gasteiger partial charge in [0.2, 0.25) is 16.1 Å². The zero-order valence-electron chi connectivity index (χ0n) is 60.6. The van der Waals surface area contributed by atoms with E-state index in [4.69, 9.17) is 78.7 Å². The van der Waals surface area contributed by atoms with Crippen molar-refractivity contribution in [2.24, 2.45) is 15.3 Å². The molecule has 29 heteroatoms. The zero-order valence-corrected chi connectivity index (χ0v) is 63.7. The summed E-state index contributed by atoms with van der Waals surface area (Å²) >= 11 is 18.9. The first-order valence-electron chi connectivity index (χ1n) is 33.2. The molecular weight excluding hydrogens is 1460 g/mol. The number of aryl methyl sites for hydroxylation is 1. The molecule has 0 radical (unpaired) electrons. The van der Waals surface area contributed by atoms with Gasteiger partial charge < -0.3 is 43.6 Å². The Kier molecular flexibility index (Phi) is 32.5. The molecule has 558 valence electrons. The molecule has 2 aliphatic rings. The molecule has 3 N–H and O–H groups in total. The van der Waals surface area contributed by atoms with Crippen LogP contribution in [0.3, 0.4) is 0 Å². The highest BCUT2D eigenvalue weighted by atomic mass is 35.5. The number of allylic oxidation sites excluding steroid dienone is 4. The summed E-state index contributed by atoms with van der Waals surface area (Å²) in [5, 5.41) is 54.4. The molecule has 0 bridgehead atoms. The van der Waals surface area contributed by atoms with Crippen LogP contribution in [0, 0.1) is 52.2 Å². The van der Waals surface area contributed by atoms with Gasteiger partial charge in [0, 0.05) is 53.3 Å². The summed E-state index contributed by atoms with van der Waals surface area (Å²) in [7, 11) is 3.43. The molecule has 3 heterocycles. The number of furan rings is 1. The topological polar surface area (TPSA) is 354 Å². The van der Waals surface area contributed by atoms with Crippen molar-refractivity contribution in [2.75, 3.05) is 62.3 Å². The van der Waals surface area contributed by atoms with Crippen molar-refractivity contribution in [3.05, 3.63) is 235 Å². The minimum absolute atomic E-state index is 0.00591. The number of nitrogens with one attached hydrogen (secondary N) is 3. The van der Waals surface area contributed by atoms with Crippen molar-refractivity contribution in [1.82, 2.24) is 10.2 Å². The van der Waals surface area contributed by atoms with Crippen LogP contribution in [-0.2, 0) is 44.1 Å². The van der Waals surface area contributed by atoms with Gasteiger partial charge in [0.15, 0.2) is 12.4 Å². The normalized spacial score (nSPS) is 13.5. The lowest BCUT2D eigenvalue weighted by Crippen LogP contribution is -2.39. The number of hydrogen-bond donors (Lipinski definition) is 3. The number of hydrazone groups is 1. The number of carbonyl (C=O) groups excluding carboxylic acids is 5. The Morgan fingerprint density at radius 3 is 2.05 bits per heavy atom. The Balaban J connectivity index is 0.000000265. The lowest BCUT2D eigenvalue weighted by Gasteiger charge is -2.26. The first-order chi connectivity index (χ1) is 51.6. The molecule has 0 saturated heterocycles. The Labute approximate surface area is 641 Å². The number of azo groups is 1. The number of hydrogen-bond acceptors (Lipinski definition) is 21. The summed E-state index contributed by atoms with van der Waals surface area (Å²) < 4.78 is 58.1. The lowest BCUT2D eigenvalue weighted by atomic mass is 9.81. The largest absolute Gasteiger partial charge is 0.497 e. The summed E-state index contributed by atoms with van der Waals surface area (Å²) in [5.74, 6) is -0.470. The van der Waals surface area contributed by atoms with Crippen LogP contribution in [-0.4, -0.2) is 102 Å². The van der Waals surface area contributed by atoms with E-state index in [2.05, 4.69) is 57.5 Å². The van der Waals surface area contributed by atoms with Crippen molar-refractivity contribution in [3.63, 3.8) is 0 Å². The Hall–Kier alpha value is -12.3. The molecule has 1 aromatic heterocycles. The molecule has 6 aromatic carbocycles. The van der Waals surface area contributed by atoms with Crippen molar-refractivity contribution in [2.45, 2.75) is 78.7 Å². The molecule has 3 amide bonds. The second-order valence-corrected chi connectivity index (χ2v) is 27.2. The van der Waals surface area contributed by atoms with E-state index < -0.39 is 45.7 Å². The number of cyclic esters (lactones) is 1. The summed E-state index contributed by atoms with van der Waals surface area (Å²) in [6, 6.07) is 44.4. The molecule has 25 nitrogen and oxygen atoms in total. The van der Waals surface area contributed by atoms with E-state index >= 15 is 0 Å². The average Bonchev–Trinajstić information content (AvgIpc) is 1.67. The van der Waals surface area contributed by atoms with Gasteiger partial charge in [-0.2, -0.15) is 36.3 Å². The van der Waals surface area contributed by atoms with Crippen molar-refractivity contribution < 1.29 is 60.5 Å². The summed E-state index contributed by atoms with van der Waals surface area (Å²) in [6.45, 7) is 12.3. The van der Waals surface area contributed by atoms with Gasteiger partial charge in [-0.15, -0.1) is 5.10 Å². The number of benzene rings is 6. The smallest absolute Gasteiger partial charge is 0.355 e. The quantitative estimate of drug-likeness (QED) is 0.0157. The second-order valence-electron chi connectivity index (χ2n) is 24.1. The standard InChI is InChI=1S/C37H35Cl3N6O5.C20H18N2O5S.C14H15NO3.C8H9N3/c1-6-37(3,4)27-16-21(2)10-15-30(27)51-20-31(47)41-25-9-7-8-22(17-25)35(48)42-34-32(44-43-24-11-13-26(50-5)14-12-24)36(49)46(45-34)33-28(39)18-23(38)19-29(33)40;1-2-3-11-28(24,25)22-15-8-6-14(7-9-15)19-17(13-21)20(23)27-18(19)12-16-5-4-10-26-16;1-3-8-18-14(16)12(10-15)9-11-4-6-13(17-2)7-5-11;1-11(2)5-3-4-8(6-9)7-10/h7-19,32H,6,20H2,1-5H3,(H,41,47)(H,42,45,48);4-10,12,22H,2-3,11H2,1H3;4-7,9H,3,8H2,1-2H3;3-5H,1-2H3/b;;12-9-;5-3+. The molecule has 0 fully saturated rings. The van der Waals surface area contributed by atoms with E-state index in [0.29, 0.717) is 58.5 Å². The molecule has 0 aliphatic carbocycles. The Morgan fingerprint density at radius 1 is 0.796 bits per heavy atom. The molecule has 0 saturated carbocycles. The highest BCUT2D eigenvalue weighted by Gasteiger charge is 2.40. The number of amidine groups is 1. The molecule has 1 unspecified atom stereocenters. The minimum Gasteiger partial charge on any atom is -0.497 e. The summed E-state index contributed by atoms with van der Waals surface area (Å²) in [5.41, 5.74) is 5.02. The van der Waals surface area contributed by atoms with Gasteiger partial charge >= 0.3 is 11.9 Å². The van der Waals surface area contributed by atoms with Crippen molar-refractivity contribution in [3.8, 4) is 41.5 Å². The number of unbranched alkanes of at least 4 members (excludes halogenated alkanes) is 1. The number of sulfonamides is 1. The van der Waals surface area contributed by atoms with Crippen LogP contribution in [0.15, 0.2) is 206 Å². The summed E-state index contributed by atoms with van der Waals surface area (Å²) in [4.78, 5) is 65.5. The van der Waals surface area contributed by atoms with Crippen LogP contribution < -0.4 is 34.6 Å². The van der Waals surface area contributed by atoms with Crippen LogP contribution in [0.5, 0.6) is 17.2 Å². The van der Waals surface area contributed by atoms with Gasteiger partial charge in [-0.05, 0) is 164 Å².